The second kappa shape index (κ2) is 5.54. The molecule has 0 heterocycles. The molecule has 3 heteroatoms. The molecule has 3 nitrogen and oxygen atoms in total. The van der Waals surface area contributed by atoms with E-state index in [1.54, 1.807) is 0 Å². The van der Waals surface area contributed by atoms with Gasteiger partial charge in [0.05, 0.1) is 0 Å². The summed E-state index contributed by atoms with van der Waals surface area (Å²) in [4.78, 5) is 2.24. The maximum Gasteiger partial charge on any atom is 0.123 e. The summed E-state index contributed by atoms with van der Waals surface area (Å²) in [5.41, 5.74) is 8.57. The van der Waals surface area contributed by atoms with Crippen molar-refractivity contribution in [2.75, 3.05) is 18.5 Å². The van der Waals surface area contributed by atoms with Gasteiger partial charge in [0, 0.05) is 24.8 Å². The molecule has 0 radical (unpaired) electrons. The summed E-state index contributed by atoms with van der Waals surface area (Å²) in [6, 6.07) is 6.04. The maximum atomic E-state index is 7.43. The van der Waals surface area contributed by atoms with Gasteiger partial charge in [-0.05, 0) is 37.1 Å². The first-order valence-corrected chi connectivity index (χ1v) is 5.72. The standard InChI is InChI=1S/C13H21N3/c1-4-5-8-16(3)11-6-7-12(13(14)15)10(2)9-11/h6-7,9H,4-5,8H2,1-3H3,(H3,14,15). The van der Waals surface area contributed by atoms with Crippen molar-refractivity contribution in [2.24, 2.45) is 5.73 Å². The average molecular weight is 219 g/mol. The highest BCUT2D eigenvalue weighted by Gasteiger charge is 2.05. The Morgan fingerprint density at radius 1 is 1.44 bits per heavy atom. The molecule has 0 saturated heterocycles. The summed E-state index contributed by atoms with van der Waals surface area (Å²) in [5, 5.41) is 7.43. The lowest BCUT2D eigenvalue weighted by molar-refractivity contribution is 0.766. The first-order chi connectivity index (χ1) is 7.56. The molecule has 0 aromatic heterocycles. The molecule has 0 bridgehead atoms. The Labute approximate surface area is 97.8 Å². The lowest BCUT2D eigenvalue weighted by atomic mass is 10.1. The predicted octanol–water partition coefficient (Wildman–Crippen LogP) is 2.52. The van der Waals surface area contributed by atoms with Crippen LogP contribution >= 0.6 is 0 Å². The van der Waals surface area contributed by atoms with Crippen LogP contribution in [-0.2, 0) is 0 Å². The molecule has 88 valence electrons. The van der Waals surface area contributed by atoms with E-state index in [-0.39, 0.29) is 5.84 Å². The summed E-state index contributed by atoms with van der Waals surface area (Å²) < 4.78 is 0. The van der Waals surface area contributed by atoms with Gasteiger partial charge in [-0.15, -0.1) is 0 Å². The van der Waals surface area contributed by atoms with Crippen molar-refractivity contribution in [2.45, 2.75) is 26.7 Å². The van der Waals surface area contributed by atoms with E-state index < -0.39 is 0 Å². The Balaban J connectivity index is 2.84. The van der Waals surface area contributed by atoms with Crippen LogP contribution in [0.5, 0.6) is 0 Å². The maximum absolute atomic E-state index is 7.43. The third kappa shape index (κ3) is 2.99. The quantitative estimate of drug-likeness (QED) is 0.590. The van der Waals surface area contributed by atoms with Gasteiger partial charge in [0.2, 0.25) is 0 Å². The molecule has 0 unspecified atom stereocenters. The highest BCUT2D eigenvalue weighted by atomic mass is 15.1. The van der Waals surface area contributed by atoms with E-state index in [4.69, 9.17) is 11.1 Å². The fourth-order valence-corrected chi connectivity index (χ4v) is 1.71. The molecule has 1 aromatic carbocycles. The van der Waals surface area contributed by atoms with Crippen molar-refractivity contribution < 1.29 is 0 Å². The van der Waals surface area contributed by atoms with Crippen molar-refractivity contribution in [3.8, 4) is 0 Å². The number of benzene rings is 1. The molecule has 0 aliphatic heterocycles. The van der Waals surface area contributed by atoms with Gasteiger partial charge in [-0.3, -0.25) is 5.41 Å². The topological polar surface area (TPSA) is 53.1 Å². The molecule has 0 fully saturated rings. The van der Waals surface area contributed by atoms with Crippen molar-refractivity contribution in [3.05, 3.63) is 29.3 Å². The number of nitrogen functional groups attached to an aromatic ring is 1. The molecule has 1 rings (SSSR count). The van der Waals surface area contributed by atoms with Gasteiger partial charge in [-0.1, -0.05) is 13.3 Å². The zero-order chi connectivity index (χ0) is 12.1. The van der Waals surface area contributed by atoms with E-state index >= 15 is 0 Å². The zero-order valence-corrected chi connectivity index (χ0v) is 10.4. The van der Waals surface area contributed by atoms with Crippen LogP contribution in [0.2, 0.25) is 0 Å². The van der Waals surface area contributed by atoms with Gasteiger partial charge < -0.3 is 10.6 Å². The van der Waals surface area contributed by atoms with Crippen LogP contribution in [0, 0.1) is 12.3 Å². The molecular formula is C13H21N3. The number of aryl methyl sites for hydroxylation is 1. The molecule has 0 saturated carbocycles. The number of nitrogens with zero attached hydrogens (tertiary/aromatic N) is 1. The first-order valence-electron chi connectivity index (χ1n) is 5.72. The predicted molar refractivity (Wildman–Crippen MR) is 70.4 cm³/mol. The van der Waals surface area contributed by atoms with Crippen molar-refractivity contribution in [3.63, 3.8) is 0 Å². The normalized spacial score (nSPS) is 10.2. The van der Waals surface area contributed by atoms with Crippen LogP contribution in [0.1, 0.15) is 30.9 Å². The fraction of sp³-hybridized carbons (Fsp3) is 0.462. The molecule has 0 aliphatic rings. The molecule has 0 atom stereocenters. The number of amidine groups is 1. The van der Waals surface area contributed by atoms with Gasteiger partial charge in [-0.25, -0.2) is 0 Å². The number of anilines is 1. The number of rotatable bonds is 5. The molecule has 16 heavy (non-hydrogen) atoms. The Morgan fingerprint density at radius 3 is 2.62 bits per heavy atom. The summed E-state index contributed by atoms with van der Waals surface area (Å²) >= 11 is 0. The number of unbranched alkanes of at least 4 members (excludes halogenated alkanes) is 1. The SMILES string of the molecule is CCCCN(C)c1ccc(C(=N)N)c(C)c1. The van der Waals surface area contributed by atoms with E-state index in [0.717, 1.165) is 17.7 Å². The van der Waals surface area contributed by atoms with Gasteiger partial charge in [0.1, 0.15) is 5.84 Å². The largest absolute Gasteiger partial charge is 0.384 e. The van der Waals surface area contributed by atoms with Gasteiger partial charge in [-0.2, -0.15) is 0 Å². The monoisotopic (exact) mass is 219 g/mol. The van der Waals surface area contributed by atoms with Gasteiger partial charge >= 0.3 is 0 Å². The van der Waals surface area contributed by atoms with E-state index in [1.807, 2.05) is 19.1 Å². The van der Waals surface area contributed by atoms with Crippen LogP contribution in [0.4, 0.5) is 5.69 Å². The lowest BCUT2D eigenvalue weighted by Gasteiger charge is -2.20. The van der Waals surface area contributed by atoms with Crippen LogP contribution in [0.3, 0.4) is 0 Å². The highest BCUT2D eigenvalue weighted by molar-refractivity contribution is 5.96. The summed E-state index contributed by atoms with van der Waals surface area (Å²) in [7, 11) is 2.10. The van der Waals surface area contributed by atoms with Crippen LogP contribution < -0.4 is 10.6 Å². The minimum Gasteiger partial charge on any atom is -0.384 e. The number of nitrogens with two attached hydrogens (primary N) is 1. The molecule has 0 aliphatic carbocycles. The summed E-state index contributed by atoms with van der Waals surface area (Å²) in [6.45, 7) is 5.25. The van der Waals surface area contributed by atoms with Crippen LogP contribution in [-0.4, -0.2) is 19.4 Å². The molecule has 3 N–H and O–H groups in total. The molecule has 1 aromatic rings. The van der Waals surface area contributed by atoms with Crippen LogP contribution in [0.15, 0.2) is 18.2 Å². The van der Waals surface area contributed by atoms with E-state index in [0.29, 0.717) is 0 Å². The third-order valence-corrected chi connectivity index (χ3v) is 2.79. The minimum atomic E-state index is 0.139. The number of nitrogens with one attached hydrogen (secondary N) is 1. The van der Waals surface area contributed by atoms with Crippen molar-refractivity contribution in [1.82, 2.24) is 0 Å². The minimum absolute atomic E-state index is 0.139. The zero-order valence-electron chi connectivity index (χ0n) is 10.4. The smallest absolute Gasteiger partial charge is 0.123 e. The molecule has 0 spiro atoms. The molecule has 0 amide bonds. The summed E-state index contributed by atoms with van der Waals surface area (Å²) in [5.74, 6) is 0.139. The van der Waals surface area contributed by atoms with Gasteiger partial charge in [0.15, 0.2) is 0 Å². The average Bonchev–Trinajstić information content (AvgIpc) is 2.25. The lowest BCUT2D eigenvalue weighted by Crippen LogP contribution is -2.19. The summed E-state index contributed by atoms with van der Waals surface area (Å²) in [6.07, 6.45) is 2.40. The van der Waals surface area contributed by atoms with E-state index in [1.165, 1.54) is 18.5 Å². The van der Waals surface area contributed by atoms with Crippen LogP contribution in [0.25, 0.3) is 0 Å². The van der Waals surface area contributed by atoms with Crippen molar-refractivity contribution >= 4 is 11.5 Å². The van der Waals surface area contributed by atoms with Gasteiger partial charge in [0.25, 0.3) is 0 Å². The fourth-order valence-electron chi connectivity index (χ4n) is 1.71. The Bertz CT molecular complexity index is 371. The number of hydrogen-bond acceptors (Lipinski definition) is 2. The highest BCUT2D eigenvalue weighted by Crippen LogP contribution is 2.18. The van der Waals surface area contributed by atoms with E-state index in [9.17, 15) is 0 Å². The first kappa shape index (κ1) is 12.6. The Hall–Kier alpha value is -1.51. The second-order valence-electron chi connectivity index (χ2n) is 4.19. The Morgan fingerprint density at radius 2 is 2.12 bits per heavy atom. The van der Waals surface area contributed by atoms with E-state index in [2.05, 4.69) is 24.9 Å². The molecular weight excluding hydrogens is 198 g/mol. The number of hydrogen-bond donors (Lipinski definition) is 2. The third-order valence-electron chi connectivity index (χ3n) is 2.79. The second-order valence-corrected chi connectivity index (χ2v) is 4.19. The Kier molecular flexibility index (Phi) is 4.35. The van der Waals surface area contributed by atoms with Crippen molar-refractivity contribution in [1.29, 1.82) is 5.41 Å².